The second-order valence-corrected chi connectivity index (χ2v) is 5.56. The van der Waals surface area contributed by atoms with Crippen LogP contribution in [0.2, 0.25) is 0 Å². The lowest BCUT2D eigenvalue weighted by Gasteiger charge is -2.10. The standard InChI is InChI=1S/C17H15N3O3/c21-16(20-9-13-8-18-10-23-13)14-4-3-12(17-19-5-6-22-17)7-15(14)11-1-2-11/h3-8,10-11H,1-2,9H2,(H,20,21). The predicted octanol–water partition coefficient (Wildman–Crippen LogP) is 3.14. The van der Waals surface area contributed by atoms with Gasteiger partial charge in [0, 0.05) is 11.1 Å². The quantitative estimate of drug-likeness (QED) is 0.783. The van der Waals surface area contributed by atoms with E-state index in [2.05, 4.69) is 15.3 Å². The van der Waals surface area contributed by atoms with Gasteiger partial charge in [0.1, 0.15) is 12.0 Å². The minimum absolute atomic E-state index is 0.109. The lowest BCUT2D eigenvalue weighted by Crippen LogP contribution is -2.23. The Morgan fingerprint density at radius 2 is 2.22 bits per heavy atom. The van der Waals surface area contributed by atoms with Crippen LogP contribution in [0.1, 0.15) is 40.4 Å². The minimum Gasteiger partial charge on any atom is -0.447 e. The third kappa shape index (κ3) is 2.88. The van der Waals surface area contributed by atoms with Crippen LogP contribution in [0.4, 0.5) is 0 Å². The van der Waals surface area contributed by atoms with Crippen molar-refractivity contribution in [1.29, 1.82) is 0 Å². The normalized spacial score (nSPS) is 13.9. The Hall–Kier alpha value is -2.89. The Morgan fingerprint density at radius 1 is 1.30 bits per heavy atom. The first-order valence-electron chi connectivity index (χ1n) is 7.50. The van der Waals surface area contributed by atoms with Gasteiger partial charge in [-0.25, -0.2) is 9.97 Å². The van der Waals surface area contributed by atoms with Crippen molar-refractivity contribution in [3.05, 3.63) is 60.1 Å². The van der Waals surface area contributed by atoms with Gasteiger partial charge >= 0.3 is 0 Å². The number of hydrogen-bond acceptors (Lipinski definition) is 5. The van der Waals surface area contributed by atoms with E-state index in [1.807, 2.05) is 18.2 Å². The first kappa shape index (κ1) is 13.8. The Morgan fingerprint density at radius 3 is 2.91 bits per heavy atom. The summed E-state index contributed by atoms with van der Waals surface area (Å²) in [5.41, 5.74) is 2.64. The number of rotatable bonds is 5. The molecule has 0 atom stereocenters. The van der Waals surface area contributed by atoms with Gasteiger partial charge in [-0.3, -0.25) is 4.79 Å². The summed E-state index contributed by atoms with van der Waals surface area (Å²) >= 11 is 0. The molecular weight excluding hydrogens is 294 g/mol. The van der Waals surface area contributed by atoms with E-state index in [1.54, 1.807) is 18.7 Å². The number of carbonyl (C=O) groups is 1. The highest BCUT2D eigenvalue weighted by Gasteiger charge is 2.28. The molecule has 2 heterocycles. The van der Waals surface area contributed by atoms with Crippen molar-refractivity contribution in [2.75, 3.05) is 0 Å². The number of benzene rings is 1. The Labute approximate surface area is 132 Å². The van der Waals surface area contributed by atoms with Gasteiger partial charge in [0.15, 0.2) is 6.39 Å². The molecule has 23 heavy (non-hydrogen) atoms. The molecule has 116 valence electrons. The summed E-state index contributed by atoms with van der Waals surface area (Å²) in [6, 6.07) is 5.71. The molecule has 1 fully saturated rings. The first-order valence-corrected chi connectivity index (χ1v) is 7.50. The second kappa shape index (κ2) is 5.72. The van der Waals surface area contributed by atoms with Gasteiger partial charge in [-0.05, 0) is 42.5 Å². The Bertz CT molecular complexity index is 806. The van der Waals surface area contributed by atoms with E-state index in [-0.39, 0.29) is 5.91 Å². The molecule has 0 spiro atoms. The molecule has 0 radical (unpaired) electrons. The monoisotopic (exact) mass is 309 g/mol. The molecule has 0 aliphatic heterocycles. The Balaban J connectivity index is 1.58. The van der Waals surface area contributed by atoms with Gasteiger partial charge in [0.2, 0.25) is 5.89 Å². The van der Waals surface area contributed by atoms with Crippen molar-refractivity contribution < 1.29 is 13.6 Å². The first-order chi connectivity index (χ1) is 11.3. The van der Waals surface area contributed by atoms with Gasteiger partial charge in [-0.15, -0.1) is 0 Å². The average Bonchev–Trinajstić information content (AvgIpc) is 3.05. The van der Waals surface area contributed by atoms with Crippen LogP contribution in [0.15, 0.2) is 52.1 Å². The molecule has 6 nitrogen and oxygen atoms in total. The SMILES string of the molecule is O=C(NCc1cnco1)c1ccc(-c2ncco2)cc1C1CC1. The summed E-state index contributed by atoms with van der Waals surface area (Å²) in [4.78, 5) is 20.5. The van der Waals surface area contributed by atoms with E-state index in [0.717, 1.165) is 24.0 Å². The van der Waals surface area contributed by atoms with Crippen molar-refractivity contribution >= 4 is 5.91 Å². The van der Waals surface area contributed by atoms with Crippen LogP contribution in [0, 0.1) is 0 Å². The lowest BCUT2D eigenvalue weighted by atomic mass is 9.99. The molecule has 0 saturated heterocycles. The summed E-state index contributed by atoms with van der Waals surface area (Å²) < 4.78 is 10.5. The fourth-order valence-corrected chi connectivity index (χ4v) is 2.59. The van der Waals surface area contributed by atoms with Gasteiger partial charge in [0.25, 0.3) is 5.91 Å². The average molecular weight is 309 g/mol. The maximum Gasteiger partial charge on any atom is 0.251 e. The molecule has 2 aromatic heterocycles. The molecule has 1 saturated carbocycles. The number of aromatic nitrogens is 2. The number of nitrogens with one attached hydrogen (secondary N) is 1. The smallest absolute Gasteiger partial charge is 0.251 e. The summed E-state index contributed by atoms with van der Waals surface area (Å²) in [5, 5.41) is 2.87. The molecule has 1 aliphatic carbocycles. The highest BCUT2D eigenvalue weighted by atomic mass is 16.3. The summed E-state index contributed by atoms with van der Waals surface area (Å²) in [6.07, 6.45) is 8.32. The Kier molecular flexibility index (Phi) is 3.42. The highest BCUT2D eigenvalue weighted by molar-refractivity contribution is 5.96. The molecule has 1 aliphatic rings. The zero-order valence-electron chi connectivity index (χ0n) is 12.4. The van der Waals surface area contributed by atoms with E-state index >= 15 is 0 Å². The van der Waals surface area contributed by atoms with Crippen LogP contribution in [0.3, 0.4) is 0 Å². The fourth-order valence-electron chi connectivity index (χ4n) is 2.59. The number of oxazole rings is 2. The molecular formula is C17H15N3O3. The molecule has 1 amide bonds. The van der Waals surface area contributed by atoms with Gasteiger partial charge < -0.3 is 14.2 Å². The van der Waals surface area contributed by atoms with Crippen LogP contribution < -0.4 is 5.32 Å². The number of hydrogen-bond donors (Lipinski definition) is 1. The van der Waals surface area contributed by atoms with Crippen LogP contribution >= 0.6 is 0 Å². The predicted molar refractivity (Wildman–Crippen MR) is 81.6 cm³/mol. The summed E-state index contributed by atoms with van der Waals surface area (Å²) in [5.74, 6) is 1.53. The minimum atomic E-state index is -0.109. The zero-order chi connectivity index (χ0) is 15.6. The molecule has 4 rings (SSSR count). The lowest BCUT2D eigenvalue weighted by molar-refractivity contribution is 0.0947. The van der Waals surface area contributed by atoms with Crippen molar-refractivity contribution in [2.24, 2.45) is 0 Å². The summed E-state index contributed by atoms with van der Waals surface area (Å²) in [6.45, 7) is 0.324. The molecule has 0 unspecified atom stereocenters. The zero-order valence-corrected chi connectivity index (χ0v) is 12.4. The topological polar surface area (TPSA) is 81.2 Å². The number of amides is 1. The molecule has 6 heteroatoms. The van der Waals surface area contributed by atoms with Crippen molar-refractivity contribution in [2.45, 2.75) is 25.3 Å². The number of nitrogens with zero attached hydrogens (tertiary/aromatic N) is 2. The number of carbonyl (C=O) groups excluding carboxylic acids is 1. The van der Waals surface area contributed by atoms with Crippen molar-refractivity contribution in [1.82, 2.24) is 15.3 Å². The van der Waals surface area contributed by atoms with Gasteiger partial charge in [0.05, 0.1) is 18.9 Å². The van der Waals surface area contributed by atoms with Crippen LogP contribution in [0.5, 0.6) is 0 Å². The van der Waals surface area contributed by atoms with Crippen LogP contribution in [0.25, 0.3) is 11.5 Å². The van der Waals surface area contributed by atoms with Crippen LogP contribution in [-0.2, 0) is 6.54 Å². The summed E-state index contributed by atoms with van der Waals surface area (Å²) in [7, 11) is 0. The van der Waals surface area contributed by atoms with Gasteiger partial charge in [-0.2, -0.15) is 0 Å². The molecule has 3 aromatic rings. The van der Waals surface area contributed by atoms with Crippen LogP contribution in [-0.4, -0.2) is 15.9 Å². The highest BCUT2D eigenvalue weighted by Crippen LogP contribution is 2.42. The van der Waals surface area contributed by atoms with E-state index in [4.69, 9.17) is 8.83 Å². The van der Waals surface area contributed by atoms with E-state index in [0.29, 0.717) is 29.7 Å². The second-order valence-electron chi connectivity index (χ2n) is 5.56. The van der Waals surface area contributed by atoms with Crippen molar-refractivity contribution in [3.8, 4) is 11.5 Å². The molecule has 0 bridgehead atoms. The molecule has 1 aromatic carbocycles. The third-order valence-electron chi connectivity index (χ3n) is 3.90. The maximum absolute atomic E-state index is 12.5. The maximum atomic E-state index is 12.5. The van der Waals surface area contributed by atoms with Crippen molar-refractivity contribution in [3.63, 3.8) is 0 Å². The largest absolute Gasteiger partial charge is 0.447 e. The van der Waals surface area contributed by atoms with E-state index < -0.39 is 0 Å². The van der Waals surface area contributed by atoms with E-state index in [9.17, 15) is 4.79 Å². The fraction of sp³-hybridized carbons (Fsp3) is 0.235. The third-order valence-corrected chi connectivity index (χ3v) is 3.90. The van der Waals surface area contributed by atoms with E-state index in [1.165, 1.54) is 6.39 Å². The van der Waals surface area contributed by atoms with Gasteiger partial charge in [-0.1, -0.05) is 0 Å². The molecule has 1 N–H and O–H groups in total.